The zero-order valence-corrected chi connectivity index (χ0v) is 15.2. The fourth-order valence-electron chi connectivity index (χ4n) is 3.46. The summed E-state index contributed by atoms with van der Waals surface area (Å²) < 4.78 is 0. The number of nitro benzene ring substituents is 1. The zero-order chi connectivity index (χ0) is 19.7. The van der Waals surface area contributed by atoms with Crippen molar-refractivity contribution < 1.29 is 14.8 Å². The minimum atomic E-state index is -1.07. The minimum Gasteiger partial charge on any atom is -0.478 e. The van der Waals surface area contributed by atoms with Crippen LogP contribution in [0.3, 0.4) is 0 Å². The van der Waals surface area contributed by atoms with Crippen LogP contribution in [0.4, 0.5) is 5.69 Å². The molecule has 0 spiro atoms. The fourth-order valence-corrected chi connectivity index (χ4v) is 3.46. The Morgan fingerprint density at radius 2 is 1.85 bits per heavy atom. The molecule has 138 valence electrons. The smallest absolute Gasteiger partial charge is 0.334 e. The van der Waals surface area contributed by atoms with Crippen molar-refractivity contribution >= 4 is 17.2 Å². The van der Waals surface area contributed by atoms with Gasteiger partial charge in [0, 0.05) is 40.7 Å². The van der Waals surface area contributed by atoms with Crippen LogP contribution < -0.4 is 5.32 Å². The van der Waals surface area contributed by atoms with Crippen LogP contribution in [0, 0.1) is 17.0 Å². The third-order valence-electron chi connectivity index (χ3n) is 4.57. The molecule has 2 N–H and O–H groups in total. The predicted octanol–water partition coefficient (Wildman–Crippen LogP) is 3.77. The van der Waals surface area contributed by atoms with Gasteiger partial charge in [-0.2, -0.15) is 0 Å². The summed E-state index contributed by atoms with van der Waals surface area (Å²) in [7, 11) is 0. The average Bonchev–Trinajstić information content (AvgIpc) is 2.60. The number of aryl methyl sites for hydroxylation is 1. The molecular weight excluding hydrogens is 346 g/mol. The predicted molar refractivity (Wildman–Crippen MR) is 101 cm³/mol. The summed E-state index contributed by atoms with van der Waals surface area (Å²) in [6.07, 6.45) is 0. The summed E-state index contributed by atoms with van der Waals surface area (Å²) in [6, 6.07) is 11.6. The van der Waals surface area contributed by atoms with Gasteiger partial charge in [-0.1, -0.05) is 18.2 Å². The molecule has 27 heavy (non-hydrogen) atoms. The van der Waals surface area contributed by atoms with Crippen LogP contribution in [0.1, 0.15) is 36.7 Å². The molecule has 0 aliphatic carbocycles. The highest BCUT2D eigenvalue weighted by Crippen LogP contribution is 2.43. The van der Waals surface area contributed by atoms with Gasteiger partial charge in [-0.25, -0.2) is 4.79 Å². The van der Waals surface area contributed by atoms with Crippen LogP contribution in [-0.4, -0.2) is 21.0 Å². The Balaban J connectivity index is 2.27. The van der Waals surface area contributed by atoms with E-state index < -0.39 is 16.8 Å². The molecule has 2 aromatic rings. The van der Waals surface area contributed by atoms with E-state index in [1.807, 2.05) is 32.0 Å². The van der Waals surface area contributed by atoms with Gasteiger partial charge >= 0.3 is 5.97 Å². The lowest BCUT2D eigenvalue weighted by Crippen LogP contribution is -2.27. The molecule has 7 heteroatoms. The highest BCUT2D eigenvalue weighted by molar-refractivity contribution is 5.96. The van der Waals surface area contributed by atoms with Crippen LogP contribution in [0.2, 0.25) is 0 Å². The standard InChI is InChI=1S/C20H19N3O4/c1-11-6-4-9-16(21-11)17-12(2)22-13(3)18(20(24)25)19(17)14-7-5-8-15(10-14)23(26)27/h4-10,19,22H,1-3H3,(H,24,25). The second-order valence-corrected chi connectivity index (χ2v) is 6.46. The molecule has 0 radical (unpaired) electrons. The second-order valence-electron chi connectivity index (χ2n) is 6.46. The fraction of sp³-hybridized carbons (Fsp3) is 0.200. The topological polar surface area (TPSA) is 105 Å². The number of nitrogens with zero attached hydrogens (tertiary/aromatic N) is 2. The number of dihydropyridines is 1. The van der Waals surface area contributed by atoms with Gasteiger partial charge in [0.05, 0.1) is 16.2 Å². The van der Waals surface area contributed by atoms with Gasteiger partial charge in [-0.15, -0.1) is 0 Å². The normalized spacial score (nSPS) is 16.9. The van der Waals surface area contributed by atoms with Crippen LogP contribution in [0.15, 0.2) is 59.4 Å². The number of rotatable bonds is 4. The molecule has 1 unspecified atom stereocenters. The Hall–Kier alpha value is -3.48. The third kappa shape index (κ3) is 3.44. The summed E-state index contributed by atoms with van der Waals surface area (Å²) in [4.78, 5) is 27.3. The molecule has 0 saturated carbocycles. The van der Waals surface area contributed by atoms with Gasteiger partial charge in [0.25, 0.3) is 5.69 Å². The monoisotopic (exact) mass is 365 g/mol. The molecule has 2 heterocycles. The van der Waals surface area contributed by atoms with Crippen molar-refractivity contribution in [3.05, 3.63) is 86.5 Å². The van der Waals surface area contributed by atoms with Crippen molar-refractivity contribution in [1.29, 1.82) is 0 Å². The van der Waals surface area contributed by atoms with E-state index in [0.29, 0.717) is 22.5 Å². The van der Waals surface area contributed by atoms with E-state index in [2.05, 4.69) is 10.3 Å². The molecule has 1 aliphatic rings. The molecule has 1 atom stereocenters. The number of aliphatic carboxylic acids is 1. The lowest BCUT2D eigenvalue weighted by molar-refractivity contribution is -0.384. The minimum absolute atomic E-state index is 0.0809. The van der Waals surface area contributed by atoms with E-state index >= 15 is 0 Å². The largest absolute Gasteiger partial charge is 0.478 e. The number of hydrogen-bond donors (Lipinski definition) is 2. The number of aromatic nitrogens is 1. The Kier molecular flexibility index (Phi) is 4.77. The van der Waals surface area contributed by atoms with Crippen molar-refractivity contribution in [1.82, 2.24) is 10.3 Å². The number of carboxylic acids is 1. The van der Waals surface area contributed by atoms with E-state index in [1.54, 1.807) is 19.1 Å². The summed E-state index contributed by atoms with van der Waals surface area (Å²) in [6.45, 7) is 5.40. The summed E-state index contributed by atoms with van der Waals surface area (Å²) in [5.41, 5.74) is 4.03. The highest BCUT2D eigenvalue weighted by atomic mass is 16.6. The van der Waals surface area contributed by atoms with Crippen molar-refractivity contribution in [2.45, 2.75) is 26.7 Å². The van der Waals surface area contributed by atoms with Crippen LogP contribution in [-0.2, 0) is 4.79 Å². The first-order valence-electron chi connectivity index (χ1n) is 8.40. The van der Waals surface area contributed by atoms with Crippen molar-refractivity contribution in [3.8, 4) is 0 Å². The number of benzene rings is 1. The first-order chi connectivity index (χ1) is 12.8. The number of nitro groups is 1. The van der Waals surface area contributed by atoms with E-state index in [-0.39, 0.29) is 11.3 Å². The van der Waals surface area contributed by atoms with E-state index in [9.17, 15) is 20.0 Å². The van der Waals surface area contributed by atoms with Gasteiger partial charge < -0.3 is 10.4 Å². The van der Waals surface area contributed by atoms with Crippen molar-refractivity contribution in [2.24, 2.45) is 0 Å². The number of carbonyl (C=O) groups is 1. The lowest BCUT2D eigenvalue weighted by Gasteiger charge is -2.30. The molecule has 1 aromatic carbocycles. The Morgan fingerprint density at radius 3 is 2.48 bits per heavy atom. The molecule has 1 aromatic heterocycles. The van der Waals surface area contributed by atoms with Crippen LogP contribution >= 0.6 is 0 Å². The zero-order valence-electron chi connectivity index (χ0n) is 15.2. The number of allylic oxidation sites excluding steroid dienone is 3. The average molecular weight is 365 g/mol. The Labute approximate surface area is 156 Å². The quantitative estimate of drug-likeness (QED) is 0.631. The molecule has 0 amide bonds. The SMILES string of the molecule is CC1=C(C(=O)O)C(c2cccc([N+](=O)[O-])c2)C(c2cccc(C)n2)=C(C)N1. The summed E-state index contributed by atoms with van der Waals surface area (Å²) in [5, 5.41) is 24.2. The van der Waals surface area contributed by atoms with Gasteiger partial charge in [0.1, 0.15) is 0 Å². The number of nitrogens with one attached hydrogen (secondary N) is 1. The molecule has 3 rings (SSSR count). The van der Waals surface area contributed by atoms with Crippen LogP contribution in [0.5, 0.6) is 0 Å². The molecule has 7 nitrogen and oxygen atoms in total. The van der Waals surface area contributed by atoms with E-state index in [4.69, 9.17) is 0 Å². The van der Waals surface area contributed by atoms with Crippen molar-refractivity contribution in [3.63, 3.8) is 0 Å². The maximum Gasteiger partial charge on any atom is 0.334 e. The van der Waals surface area contributed by atoms with E-state index in [1.165, 1.54) is 12.1 Å². The van der Waals surface area contributed by atoms with Crippen LogP contribution in [0.25, 0.3) is 5.57 Å². The lowest BCUT2D eigenvalue weighted by atomic mass is 9.79. The summed E-state index contributed by atoms with van der Waals surface area (Å²) in [5.74, 6) is -1.74. The van der Waals surface area contributed by atoms with Gasteiger partial charge in [-0.05, 0) is 38.5 Å². The van der Waals surface area contributed by atoms with Crippen molar-refractivity contribution in [2.75, 3.05) is 0 Å². The highest BCUT2D eigenvalue weighted by Gasteiger charge is 2.35. The number of carboxylic acid groups (broad SMARTS) is 1. The molecular formula is C20H19N3O4. The molecule has 0 fully saturated rings. The van der Waals surface area contributed by atoms with Gasteiger partial charge in [0.2, 0.25) is 0 Å². The Bertz CT molecular complexity index is 1010. The number of hydrogen-bond acceptors (Lipinski definition) is 5. The number of pyridine rings is 1. The Morgan fingerprint density at radius 1 is 1.15 bits per heavy atom. The van der Waals surface area contributed by atoms with Gasteiger partial charge in [-0.3, -0.25) is 15.1 Å². The van der Waals surface area contributed by atoms with Gasteiger partial charge in [0.15, 0.2) is 0 Å². The first kappa shape index (κ1) is 18.3. The maximum atomic E-state index is 12.0. The maximum absolute atomic E-state index is 12.0. The third-order valence-corrected chi connectivity index (χ3v) is 4.57. The van der Waals surface area contributed by atoms with E-state index in [0.717, 1.165) is 11.4 Å². The number of non-ortho nitro benzene ring substituents is 1. The second kappa shape index (κ2) is 7.03. The summed E-state index contributed by atoms with van der Waals surface area (Å²) >= 11 is 0. The molecule has 0 saturated heterocycles. The molecule has 0 bridgehead atoms. The first-order valence-corrected chi connectivity index (χ1v) is 8.40. The molecule has 1 aliphatic heterocycles.